The molecule has 1 fully saturated rings. The molecule has 10 heteroatoms. The van der Waals surface area contributed by atoms with Crippen molar-refractivity contribution in [3.63, 3.8) is 0 Å². The lowest BCUT2D eigenvalue weighted by Crippen LogP contribution is -2.40. The lowest BCUT2D eigenvalue weighted by Gasteiger charge is -2.40. The van der Waals surface area contributed by atoms with E-state index in [2.05, 4.69) is 14.9 Å². The van der Waals surface area contributed by atoms with Gasteiger partial charge in [0.05, 0.1) is 16.1 Å². The number of hydrogen-bond donors (Lipinski definition) is 1. The number of pyridine rings is 2. The van der Waals surface area contributed by atoms with Gasteiger partial charge in [-0.15, -0.1) is 0 Å². The summed E-state index contributed by atoms with van der Waals surface area (Å²) in [6.07, 6.45) is 14.7. The molecule has 5 heterocycles. The van der Waals surface area contributed by atoms with Crippen molar-refractivity contribution in [1.82, 2.24) is 19.8 Å². The van der Waals surface area contributed by atoms with Crippen LogP contribution in [0.4, 0.5) is 10.2 Å². The maximum absolute atomic E-state index is 13.7. The number of anilines is 1. The third-order valence-electron chi connectivity index (χ3n) is 7.30. The molecular formula is C26H25ClFN7S. The van der Waals surface area contributed by atoms with Crippen LogP contribution in [-0.2, 0) is 12.8 Å². The highest BCUT2D eigenvalue weighted by molar-refractivity contribution is 8.03. The topological polar surface area (TPSA) is 83.0 Å². The highest BCUT2D eigenvalue weighted by Crippen LogP contribution is 2.45. The molecule has 6 rings (SSSR count). The molecule has 0 radical (unpaired) electrons. The number of likely N-dealkylation sites (tertiary alicyclic amines) is 1. The molecule has 0 amide bonds. The molecule has 3 aliphatic heterocycles. The minimum atomic E-state index is -0.245. The summed E-state index contributed by atoms with van der Waals surface area (Å²) in [5, 5.41) is 0.442. The summed E-state index contributed by atoms with van der Waals surface area (Å²) in [5.74, 6) is 2.59. The average Bonchev–Trinajstić information content (AvgIpc) is 3.21. The molecular weight excluding hydrogens is 497 g/mol. The number of aliphatic imine (C=N–C) groups is 2. The van der Waals surface area contributed by atoms with Crippen molar-refractivity contribution in [2.24, 2.45) is 15.4 Å². The Bertz CT molecular complexity index is 1390. The summed E-state index contributed by atoms with van der Waals surface area (Å²) in [6, 6.07) is 3.50. The second kappa shape index (κ2) is 9.05. The third kappa shape index (κ3) is 4.20. The van der Waals surface area contributed by atoms with E-state index in [1.807, 2.05) is 42.5 Å². The first-order valence-electron chi connectivity index (χ1n) is 11.9. The van der Waals surface area contributed by atoms with Gasteiger partial charge < -0.3 is 15.5 Å². The summed E-state index contributed by atoms with van der Waals surface area (Å²) < 4.78 is 13.7. The van der Waals surface area contributed by atoms with E-state index >= 15 is 0 Å². The number of thioether (sulfide) groups is 1. The number of nitrogens with two attached hydrogens (primary N) is 1. The molecule has 2 aromatic rings. The quantitative estimate of drug-likeness (QED) is 0.623. The molecule has 0 atom stereocenters. The molecule has 2 bridgehead atoms. The summed E-state index contributed by atoms with van der Waals surface area (Å²) in [4.78, 5) is 24.2. The summed E-state index contributed by atoms with van der Waals surface area (Å²) >= 11 is 7.86. The zero-order valence-corrected chi connectivity index (χ0v) is 21.4. The second-order valence-electron chi connectivity index (χ2n) is 9.56. The molecule has 0 saturated carbocycles. The summed E-state index contributed by atoms with van der Waals surface area (Å²) in [7, 11) is 1.97. The molecule has 0 unspecified atom stereocenters. The van der Waals surface area contributed by atoms with E-state index in [1.165, 1.54) is 18.0 Å². The molecule has 2 N–H and O–H groups in total. The van der Waals surface area contributed by atoms with Crippen LogP contribution >= 0.6 is 23.4 Å². The minimum absolute atomic E-state index is 0.171. The average molecular weight is 522 g/mol. The normalized spacial score (nSPS) is 20.3. The molecule has 1 aliphatic carbocycles. The van der Waals surface area contributed by atoms with Gasteiger partial charge in [-0.25, -0.2) is 19.4 Å². The van der Waals surface area contributed by atoms with Crippen LogP contribution in [0.3, 0.4) is 0 Å². The molecule has 184 valence electrons. The Labute approximate surface area is 218 Å². The van der Waals surface area contributed by atoms with E-state index in [4.69, 9.17) is 27.3 Å². The Morgan fingerprint density at radius 3 is 2.83 bits per heavy atom. The maximum atomic E-state index is 13.7. The van der Waals surface area contributed by atoms with Crippen LogP contribution in [0.15, 0.2) is 74.2 Å². The first kappa shape index (κ1) is 23.2. The van der Waals surface area contributed by atoms with E-state index in [0.717, 1.165) is 77.3 Å². The Morgan fingerprint density at radius 2 is 2.00 bits per heavy atom. The van der Waals surface area contributed by atoms with E-state index < -0.39 is 0 Å². The Morgan fingerprint density at radius 1 is 1.17 bits per heavy atom. The van der Waals surface area contributed by atoms with Crippen molar-refractivity contribution in [2.45, 2.75) is 30.6 Å². The van der Waals surface area contributed by atoms with Crippen molar-refractivity contribution in [3.8, 4) is 0 Å². The van der Waals surface area contributed by atoms with Crippen LogP contribution < -0.4 is 5.73 Å². The number of piperidine rings is 1. The number of nitrogens with zero attached hydrogens (tertiary/aromatic N) is 6. The standard InChI is InChI=1S/C26H25ClFN7S/c1-34-21-3-2-20(36-19-4-8-30-24(29)23(19)27)25(34)31-9-5-22(33-21)35-10-6-26(7-11-35)13-16-12-17(28)15-32-18(16)14-26/h2-5,8-9,12,15H,6-7,10-11,13-14H2,1H3,(H2,29,30). The predicted molar refractivity (Wildman–Crippen MR) is 142 cm³/mol. The van der Waals surface area contributed by atoms with Gasteiger partial charge in [-0.1, -0.05) is 23.4 Å². The van der Waals surface area contributed by atoms with E-state index in [9.17, 15) is 4.39 Å². The zero-order chi connectivity index (χ0) is 24.9. The third-order valence-corrected chi connectivity index (χ3v) is 8.91. The number of nitrogen functional groups attached to an aromatic ring is 1. The van der Waals surface area contributed by atoms with E-state index in [1.54, 1.807) is 12.3 Å². The molecule has 4 aliphatic rings. The molecule has 0 aromatic carbocycles. The maximum Gasteiger partial charge on any atom is 0.147 e. The van der Waals surface area contributed by atoms with Gasteiger partial charge in [0.25, 0.3) is 0 Å². The Hall–Kier alpha value is -3.17. The van der Waals surface area contributed by atoms with Crippen LogP contribution in [0, 0.1) is 11.2 Å². The van der Waals surface area contributed by atoms with Crippen LogP contribution in [0.2, 0.25) is 5.02 Å². The van der Waals surface area contributed by atoms with Gasteiger partial charge in [0.15, 0.2) is 0 Å². The number of rotatable bonds is 3. The fourth-order valence-electron chi connectivity index (χ4n) is 5.30. The van der Waals surface area contributed by atoms with Crippen LogP contribution in [0.25, 0.3) is 0 Å². The van der Waals surface area contributed by atoms with E-state index in [0.29, 0.717) is 10.8 Å². The fourth-order valence-corrected chi connectivity index (χ4v) is 6.51. The number of amidine groups is 1. The van der Waals surface area contributed by atoms with E-state index in [-0.39, 0.29) is 11.2 Å². The van der Waals surface area contributed by atoms with Crippen molar-refractivity contribution in [2.75, 3.05) is 25.9 Å². The van der Waals surface area contributed by atoms with Crippen molar-refractivity contribution in [3.05, 3.63) is 81.4 Å². The van der Waals surface area contributed by atoms with Crippen LogP contribution in [-0.4, -0.2) is 52.0 Å². The van der Waals surface area contributed by atoms with Crippen molar-refractivity contribution >= 4 is 41.2 Å². The molecule has 36 heavy (non-hydrogen) atoms. The van der Waals surface area contributed by atoms with Gasteiger partial charge in [0, 0.05) is 43.1 Å². The molecule has 2 aromatic heterocycles. The number of fused-ring (bicyclic) bond motifs is 3. The fraction of sp³-hybridized carbons (Fsp3) is 0.308. The second-order valence-corrected chi connectivity index (χ2v) is 11.0. The SMILES string of the molecule is CN1C2=NC(N3CCC4(CC3)Cc3cc(F)cnc3C4)=CC=NC1=C(Sc1ccnc(N)c1Cl)C=C2. The molecule has 1 spiro atoms. The summed E-state index contributed by atoms with van der Waals surface area (Å²) in [6.45, 7) is 1.79. The largest absolute Gasteiger partial charge is 0.382 e. The number of halogens is 2. The lowest BCUT2D eigenvalue weighted by atomic mass is 9.76. The Balaban J connectivity index is 1.20. The van der Waals surface area contributed by atoms with Gasteiger partial charge in [-0.3, -0.25) is 4.98 Å². The number of likely N-dealkylation sites (N-methyl/N-ethyl adjacent to an activating group) is 1. The molecule has 1 saturated heterocycles. The predicted octanol–water partition coefficient (Wildman–Crippen LogP) is 4.82. The van der Waals surface area contributed by atoms with Crippen molar-refractivity contribution < 1.29 is 4.39 Å². The van der Waals surface area contributed by atoms with Crippen LogP contribution in [0.1, 0.15) is 24.1 Å². The smallest absolute Gasteiger partial charge is 0.147 e. The van der Waals surface area contributed by atoms with Gasteiger partial charge in [0.2, 0.25) is 0 Å². The lowest BCUT2D eigenvalue weighted by molar-refractivity contribution is 0.135. The minimum Gasteiger partial charge on any atom is -0.382 e. The number of allylic oxidation sites excluding steroid dienone is 2. The highest BCUT2D eigenvalue weighted by Gasteiger charge is 2.41. The number of aromatic nitrogens is 2. The zero-order valence-electron chi connectivity index (χ0n) is 19.8. The van der Waals surface area contributed by atoms with Crippen LogP contribution in [0.5, 0.6) is 0 Å². The van der Waals surface area contributed by atoms with Gasteiger partial charge in [-0.05, 0) is 67.0 Å². The van der Waals surface area contributed by atoms with Gasteiger partial charge in [-0.2, -0.15) is 0 Å². The van der Waals surface area contributed by atoms with Gasteiger partial charge in [0.1, 0.15) is 29.1 Å². The first-order valence-corrected chi connectivity index (χ1v) is 13.1. The van der Waals surface area contributed by atoms with Gasteiger partial charge >= 0.3 is 0 Å². The van der Waals surface area contributed by atoms with Crippen molar-refractivity contribution in [1.29, 1.82) is 0 Å². The monoisotopic (exact) mass is 521 g/mol. The first-order chi connectivity index (χ1) is 17.4. The summed E-state index contributed by atoms with van der Waals surface area (Å²) in [5.41, 5.74) is 8.17. The number of hydrogen-bond acceptors (Lipinski definition) is 8. The highest BCUT2D eigenvalue weighted by atomic mass is 35.5. The molecule has 7 nitrogen and oxygen atoms in total. The Kier molecular flexibility index (Phi) is 5.84.